The molecule has 3 rings (SSSR count). The number of carbonyl (C=O) groups excluding carboxylic acids is 1. The summed E-state index contributed by atoms with van der Waals surface area (Å²) in [6.45, 7) is 4.55. The summed E-state index contributed by atoms with van der Waals surface area (Å²) in [4.78, 5) is 18.0. The van der Waals surface area contributed by atoms with Crippen molar-refractivity contribution in [2.75, 3.05) is 5.32 Å². The summed E-state index contributed by atoms with van der Waals surface area (Å²) in [5.41, 5.74) is 4.24. The number of nitriles is 1. The largest absolute Gasteiger partial charge is 0.302 e. The fraction of sp³-hybridized carbons (Fsp3) is 0.529. The second-order valence-corrected chi connectivity index (χ2v) is 7.15. The summed E-state index contributed by atoms with van der Waals surface area (Å²) in [6.07, 6.45) is 4.80. The molecule has 0 spiro atoms. The Labute approximate surface area is 145 Å². The van der Waals surface area contributed by atoms with Crippen LogP contribution < -0.4 is 5.32 Å². The number of carbonyl (C=O) groups is 1. The molecule has 2 aromatic heterocycles. The Balaban J connectivity index is 1.58. The Kier molecular flexibility index (Phi) is 4.95. The van der Waals surface area contributed by atoms with Gasteiger partial charge in [-0.25, -0.2) is 4.98 Å². The molecule has 7 heteroatoms. The summed E-state index contributed by atoms with van der Waals surface area (Å²) < 4.78 is 1.86. The van der Waals surface area contributed by atoms with Crippen LogP contribution in [0.25, 0.3) is 0 Å². The van der Waals surface area contributed by atoms with Crippen molar-refractivity contribution in [2.45, 2.75) is 58.9 Å². The minimum absolute atomic E-state index is 0.00833. The molecule has 0 aliphatic heterocycles. The second kappa shape index (κ2) is 7.14. The van der Waals surface area contributed by atoms with Crippen LogP contribution in [-0.4, -0.2) is 20.7 Å². The monoisotopic (exact) mass is 343 g/mol. The van der Waals surface area contributed by atoms with Crippen LogP contribution in [0.1, 0.15) is 46.8 Å². The van der Waals surface area contributed by atoms with Crippen molar-refractivity contribution in [3.63, 3.8) is 0 Å². The van der Waals surface area contributed by atoms with E-state index < -0.39 is 0 Å². The van der Waals surface area contributed by atoms with E-state index in [0.29, 0.717) is 25.8 Å². The van der Waals surface area contributed by atoms with E-state index in [4.69, 9.17) is 5.26 Å². The summed E-state index contributed by atoms with van der Waals surface area (Å²) in [5, 5.41) is 16.8. The zero-order valence-corrected chi connectivity index (χ0v) is 14.9. The number of amides is 1. The molecule has 0 fully saturated rings. The summed E-state index contributed by atoms with van der Waals surface area (Å²) in [6, 6.07) is 2.13. The van der Waals surface area contributed by atoms with Crippen molar-refractivity contribution >= 4 is 22.4 Å². The van der Waals surface area contributed by atoms with Crippen molar-refractivity contribution in [1.29, 1.82) is 5.26 Å². The molecule has 0 unspecified atom stereocenters. The lowest BCUT2D eigenvalue weighted by molar-refractivity contribution is -0.116. The first kappa shape index (κ1) is 16.7. The van der Waals surface area contributed by atoms with Crippen LogP contribution in [0, 0.1) is 25.2 Å². The van der Waals surface area contributed by atoms with Gasteiger partial charge in [-0.3, -0.25) is 9.48 Å². The second-order valence-electron chi connectivity index (χ2n) is 6.07. The molecule has 0 radical (unpaired) electrons. The van der Waals surface area contributed by atoms with E-state index in [-0.39, 0.29) is 5.91 Å². The number of hydrogen-bond donors (Lipinski definition) is 1. The standard InChI is InChI=1S/C17H21N5OS/c1-11-13(12(2)22(21-11)10-4-9-18)7-8-16(23)20-17-19-14-5-3-6-15(14)24-17/h3-8,10H2,1-2H3,(H,19,20,23). The predicted octanol–water partition coefficient (Wildman–Crippen LogP) is 2.93. The molecule has 1 aliphatic carbocycles. The smallest absolute Gasteiger partial charge is 0.226 e. The molecule has 6 nitrogen and oxygen atoms in total. The Morgan fingerprint density at radius 3 is 3.00 bits per heavy atom. The first-order chi connectivity index (χ1) is 11.6. The maximum Gasteiger partial charge on any atom is 0.226 e. The lowest BCUT2D eigenvalue weighted by Gasteiger charge is -2.04. The number of anilines is 1. The number of hydrogen-bond acceptors (Lipinski definition) is 5. The summed E-state index contributed by atoms with van der Waals surface area (Å²) in [5.74, 6) is -0.00833. The van der Waals surface area contributed by atoms with Crippen molar-refractivity contribution in [3.8, 4) is 6.07 Å². The van der Waals surface area contributed by atoms with Crippen molar-refractivity contribution in [3.05, 3.63) is 27.5 Å². The van der Waals surface area contributed by atoms with E-state index in [1.54, 1.807) is 11.3 Å². The van der Waals surface area contributed by atoms with Gasteiger partial charge < -0.3 is 5.32 Å². The summed E-state index contributed by atoms with van der Waals surface area (Å²) in [7, 11) is 0. The molecular formula is C17H21N5OS. The third-order valence-corrected chi connectivity index (χ3v) is 5.48. The summed E-state index contributed by atoms with van der Waals surface area (Å²) >= 11 is 1.60. The van der Waals surface area contributed by atoms with Crippen molar-refractivity contribution in [1.82, 2.24) is 14.8 Å². The van der Waals surface area contributed by atoms with Crippen LogP contribution >= 0.6 is 11.3 Å². The predicted molar refractivity (Wildman–Crippen MR) is 93.0 cm³/mol. The highest BCUT2D eigenvalue weighted by molar-refractivity contribution is 7.15. The molecule has 2 heterocycles. The van der Waals surface area contributed by atoms with Crippen LogP contribution in [0.15, 0.2) is 0 Å². The molecule has 0 aromatic carbocycles. The molecule has 0 saturated carbocycles. The third kappa shape index (κ3) is 3.49. The van der Waals surface area contributed by atoms with E-state index in [9.17, 15) is 4.79 Å². The van der Waals surface area contributed by atoms with Crippen molar-refractivity contribution in [2.24, 2.45) is 0 Å². The lowest BCUT2D eigenvalue weighted by Crippen LogP contribution is -2.12. The zero-order valence-electron chi connectivity index (χ0n) is 14.1. The fourth-order valence-corrected chi connectivity index (χ4v) is 4.20. The van der Waals surface area contributed by atoms with E-state index in [2.05, 4.69) is 21.5 Å². The van der Waals surface area contributed by atoms with Gasteiger partial charge >= 0.3 is 0 Å². The molecule has 1 aliphatic rings. The molecule has 1 N–H and O–H groups in total. The minimum Gasteiger partial charge on any atom is -0.302 e. The quantitative estimate of drug-likeness (QED) is 0.874. The molecule has 2 aromatic rings. The van der Waals surface area contributed by atoms with Crippen molar-refractivity contribution < 1.29 is 4.79 Å². The molecule has 0 atom stereocenters. The number of fused-ring (bicyclic) bond motifs is 1. The average Bonchev–Trinajstić information content (AvgIpc) is 3.18. The van der Waals surface area contributed by atoms with Gasteiger partial charge in [-0.15, -0.1) is 11.3 Å². The van der Waals surface area contributed by atoms with Crippen LogP contribution in [0.2, 0.25) is 0 Å². The molecule has 0 saturated heterocycles. The minimum atomic E-state index is -0.00833. The van der Waals surface area contributed by atoms with E-state index in [1.165, 1.54) is 11.3 Å². The number of rotatable bonds is 6. The molecule has 24 heavy (non-hydrogen) atoms. The van der Waals surface area contributed by atoms with Gasteiger partial charge in [0.1, 0.15) is 0 Å². The number of aromatic nitrogens is 3. The van der Waals surface area contributed by atoms with E-state index in [1.807, 2.05) is 18.5 Å². The number of nitrogens with one attached hydrogen (secondary N) is 1. The van der Waals surface area contributed by atoms with Gasteiger partial charge in [0.2, 0.25) is 5.91 Å². The van der Waals surface area contributed by atoms with Gasteiger partial charge in [0.15, 0.2) is 5.13 Å². The Bertz CT molecular complexity index is 777. The van der Waals surface area contributed by atoms with Crippen LogP contribution in [-0.2, 0) is 30.6 Å². The SMILES string of the molecule is Cc1nn(CCC#N)c(C)c1CCC(=O)Nc1nc2c(s1)CCC2. The van der Waals surface area contributed by atoms with E-state index >= 15 is 0 Å². The van der Waals surface area contributed by atoms with Crippen LogP contribution in [0.4, 0.5) is 5.13 Å². The van der Waals surface area contributed by atoms with Gasteiger partial charge in [0.25, 0.3) is 0 Å². The van der Waals surface area contributed by atoms with Gasteiger partial charge in [-0.05, 0) is 45.1 Å². The highest BCUT2D eigenvalue weighted by Crippen LogP contribution is 2.30. The zero-order chi connectivity index (χ0) is 17.1. The molecule has 126 valence electrons. The van der Waals surface area contributed by atoms with Gasteiger partial charge in [0, 0.05) is 17.0 Å². The van der Waals surface area contributed by atoms with Crippen LogP contribution in [0.3, 0.4) is 0 Å². The highest BCUT2D eigenvalue weighted by Gasteiger charge is 2.18. The number of thiazole rings is 1. The average molecular weight is 343 g/mol. The lowest BCUT2D eigenvalue weighted by atomic mass is 10.1. The van der Waals surface area contributed by atoms with Gasteiger partial charge in [0.05, 0.1) is 30.4 Å². The number of aryl methyl sites for hydroxylation is 4. The maximum absolute atomic E-state index is 12.2. The first-order valence-corrected chi connectivity index (χ1v) is 9.08. The van der Waals surface area contributed by atoms with Gasteiger partial charge in [-0.1, -0.05) is 0 Å². The van der Waals surface area contributed by atoms with Crippen LogP contribution in [0.5, 0.6) is 0 Å². The Hall–Kier alpha value is -2.20. The number of nitrogens with zero attached hydrogens (tertiary/aromatic N) is 4. The third-order valence-electron chi connectivity index (χ3n) is 4.41. The Morgan fingerprint density at radius 1 is 1.42 bits per heavy atom. The molecule has 0 bridgehead atoms. The fourth-order valence-electron chi connectivity index (χ4n) is 3.13. The first-order valence-electron chi connectivity index (χ1n) is 8.26. The van der Waals surface area contributed by atoms with Gasteiger partial charge in [-0.2, -0.15) is 10.4 Å². The van der Waals surface area contributed by atoms with E-state index in [0.717, 1.165) is 40.6 Å². The topological polar surface area (TPSA) is 83.6 Å². The Morgan fingerprint density at radius 2 is 2.25 bits per heavy atom. The molecular weight excluding hydrogens is 322 g/mol. The maximum atomic E-state index is 12.2. The normalized spacial score (nSPS) is 12.9. The molecule has 1 amide bonds. The highest BCUT2D eigenvalue weighted by atomic mass is 32.1.